The maximum Gasteiger partial charge on any atom is 0.289 e. The van der Waals surface area contributed by atoms with Crippen LogP contribution in [0.25, 0.3) is 0 Å². The van der Waals surface area contributed by atoms with E-state index in [1.54, 1.807) is 0 Å². The molecule has 0 fully saturated rings. The lowest BCUT2D eigenvalue weighted by Crippen LogP contribution is -2.31. The molecule has 0 bridgehead atoms. The number of hydrogen-bond donors (Lipinski definition) is 4. The topological polar surface area (TPSA) is 117 Å². The molecule has 2 aromatic rings. The molecule has 7 heteroatoms. The molecule has 0 unspecified atom stereocenters. The molecule has 0 saturated carbocycles. The summed E-state index contributed by atoms with van der Waals surface area (Å²) in [6, 6.07) is 8.65. The van der Waals surface area contributed by atoms with Crippen molar-refractivity contribution in [1.29, 1.82) is 0 Å². The quantitative estimate of drug-likeness (QED) is 0.599. The minimum Gasteiger partial charge on any atom is -0.394 e. The zero-order valence-corrected chi connectivity index (χ0v) is 9.50. The number of H-pyrrole nitrogens is 1. The predicted molar refractivity (Wildman–Crippen MR) is 64.5 cm³/mol. The summed E-state index contributed by atoms with van der Waals surface area (Å²) >= 11 is 0. The second kappa shape index (κ2) is 5.28. The van der Waals surface area contributed by atoms with Crippen molar-refractivity contribution in [3.63, 3.8) is 0 Å². The molecule has 18 heavy (non-hydrogen) atoms. The molecule has 0 aliphatic carbocycles. The summed E-state index contributed by atoms with van der Waals surface area (Å²) in [7, 11) is 0. The molecule has 1 atom stereocenters. The van der Waals surface area contributed by atoms with E-state index >= 15 is 0 Å². The Balaban J connectivity index is 2.10. The molecule has 0 saturated heterocycles. The Morgan fingerprint density at radius 1 is 1.44 bits per heavy atom. The lowest BCUT2D eigenvalue weighted by atomic mass is 10.1. The van der Waals surface area contributed by atoms with E-state index in [1.807, 2.05) is 30.3 Å². The Morgan fingerprint density at radius 3 is 2.72 bits per heavy atom. The number of amides is 1. The van der Waals surface area contributed by atoms with Crippen molar-refractivity contribution in [2.45, 2.75) is 6.04 Å². The first kappa shape index (κ1) is 12.1. The Labute approximate surface area is 103 Å². The number of nitrogens with one attached hydrogen (secondary N) is 2. The van der Waals surface area contributed by atoms with Gasteiger partial charge < -0.3 is 16.2 Å². The van der Waals surface area contributed by atoms with Crippen molar-refractivity contribution in [2.75, 3.05) is 12.3 Å². The van der Waals surface area contributed by atoms with E-state index in [9.17, 15) is 9.90 Å². The fraction of sp³-hybridized carbons (Fsp3) is 0.182. The van der Waals surface area contributed by atoms with Gasteiger partial charge in [-0.25, -0.2) is 0 Å². The van der Waals surface area contributed by atoms with Crippen molar-refractivity contribution in [2.24, 2.45) is 0 Å². The largest absolute Gasteiger partial charge is 0.394 e. The number of anilines is 1. The van der Waals surface area contributed by atoms with E-state index in [1.165, 1.54) is 0 Å². The van der Waals surface area contributed by atoms with Crippen LogP contribution < -0.4 is 11.1 Å². The van der Waals surface area contributed by atoms with Crippen LogP contribution >= 0.6 is 0 Å². The van der Waals surface area contributed by atoms with E-state index in [0.29, 0.717) is 0 Å². The Bertz CT molecular complexity index is 525. The molecule has 0 aliphatic heterocycles. The van der Waals surface area contributed by atoms with Crippen LogP contribution in [-0.4, -0.2) is 32.8 Å². The lowest BCUT2D eigenvalue weighted by molar-refractivity contribution is 0.0906. The van der Waals surface area contributed by atoms with Gasteiger partial charge in [-0.2, -0.15) is 4.98 Å². The minimum absolute atomic E-state index is 0.000379. The van der Waals surface area contributed by atoms with Crippen LogP contribution in [0.3, 0.4) is 0 Å². The van der Waals surface area contributed by atoms with Crippen LogP contribution in [0.2, 0.25) is 0 Å². The van der Waals surface area contributed by atoms with Crippen LogP contribution in [0.4, 0.5) is 5.95 Å². The molecule has 1 amide bonds. The van der Waals surface area contributed by atoms with Gasteiger partial charge in [0.05, 0.1) is 12.6 Å². The molecular weight excluding hydrogens is 234 g/mol. The van der Waals surface area contributed by atoms with Crippen molar-refractivity contribution in [3.05, 3.63) is 41.7 Å². The van der Waals surface area contributed by atoms with Gasteiger partial charge in [-0.1, -0.05) is 30.3 Å². The number of carbonyl (C=O) groups excluding carboxylic acids is 1. The highest BCUT2D eigenvalue weighted by Gasteiger charge is 2.17. The summed E-state index contributed by atoms with van der Waals surface area (Å²) in [6.45, 7) is -0.209. The number of benzene rings is 1. The third-order valence-electron chi connectivity index (χ3n) is 2.41. The van der Waals surface area contributed by atoms with Crippen LogP contribution in [0.1, 0.15) is 22.2 Å². The molecule has 1 aromatic heterocycles. The van der Waals surface area contributed by atoms with E-state index < -0.39 is 11.9 Å². The monoisotopic (exact) mass is 247 g/mol. The Hall–Kier alpha value is -2.41. The average molecular weight is 247 g/mol. The normalized spacial score (nSPS) is 12.1. The first-order chi connectivity index (χ1) is 8.70. The van der Waals surface area contributed by atoms with Crippen LogP contribution in [0.5, 0.6) is 0 Å². The number of aliphatic hydroxyl groups excluding tert-OH is 1. The molecule has 1 aromatic carbocycles. The molecule has 7 nitrogen and oxygen atoms in total. The van der Waals surface area contributed by atoms with Crippen LogP contribution in [0, 0.1) is 0 Å². The maximum atomic E-state index is 11.8. The number of rotatable bonds is 4. The van der Waals surface area contributed by atoms with Crippen molar-refractivity contribution >= 4 is 11.9 Å². The average Bonchev–Trinajstić information content (AvgIpc) is 2.83. The third kappa shape index (κ3) is 2.64. The zero-order valence-electron chi connectivity index (χ0n) is 9.50. The number of aromatic amines is 1. The number of nitrogens with two attached hydrogens (primary N) is 1. The summed E-state index contributed by atoms with van der Waals surface area (Å²) in [5, 5.41) is 17.9. The zero-order chi connectivity index (χ0) is 13.0. The number of carbonyl (C=O) groups is 1. The molecule has 0 aliphatic rings. The first-order valence-corrected chi connectivity index (χ1v) is 5.35. The van der Waals surface area contributed by atoms with Crippen molar-refractivity contribution < 1.29 is 9.90 Å². The minimum atomic E-state index is -0.495. The highest BCUT2D eigenvalue weighted by Crippen LogP contribution is 2.12. The maximum absolute atomic E-state index is 11.8. The highest BCUT2D eigenvalue weighted by molar-refractivity contribution is 5.90. The first-order valence-electron chi connectivity index (χ1n) is 5.35. The smallest absolute Gasteiger partial charge is 0.289 e. The van der Waals surface area contributed by atoms with Crippen molar-refractivity contribution in [1.82, 2.24) is 20.5 Å². The molecule has 5 N–H and O–H groups in total. The van der Waals surface area contributed by atoms with Crippen molar-refractivity contribution in [3.8, 4) is 0 Å². The van der Waals surface area contributed by atoms with Gasteiger partial charge in [-0.05, 0) is 5.56 Å². The van der Waals surface area contributed by atoms with Gasteiger partial charge in [0, 0.05) is 0 Å². The Morgan fingerprint density at radius 2 is 2.17 bits per heavy atom. The van der Waals surface area contributed by atoms with E-state index in [4.69, 9.17) is 5.73 Å². The SMILES string of the molecule is Nc1n[nH]c(C(=O)N[C@@H](CO)c2ccccc2)n1. The van der Waals surface area contributed by atoms with Gasteiger partial charge in [0.1, 0.15) is 0 Å². The van der Waals surface area contributed by atoms with Gasteiger partial charge in [-0.3, -0.25) is 9.89 Å². The van der Waals surface area contributed by atoms with E-state index in [2.05, 4.69) is 20.5 Å². The molecule has 94 valence electrons. The Kier molecular flexibility index (Phi) is 3.54. The van der Waals surface area contributed by atoms with Crippen LogP contribution in [0.15, 0.2) is 30.3 Å². The summed E-state index contributed by atoms with van der Waals surface area (Å²) in [5.41, 5.74) is 6.11. The summed E-state index contributed by atoms with van der Waals surface area (Å²) < 4.78 is 0. The molecule has 1 heterocycles. The van der Waals surface area contributed by atoms with Gasteiger partial charge >= 0.3 is 0 Å². The van der Waals surface area contributed by atoms with Gasteiger partial charge in [-0.15, -0.1) is 5.10 Å². The molecule has 0 radical (unpaired) electrons. The molecular formula is C11H13N5O2. The summed E-state index contributed by atoms with van der Waals surface area (Å²) in [4.78, 5) is 15.5. The standard InChI is InChI=1S/C11H13N5O2/c12-11-14-9(15-16-11)10(18)13-8(6-17)7-4-2-1-3-5-7/h1-5,8,17H,6H2,(H,13,18)(H3,12,14,15,16)/t8-/m0/s1. The number of nitrogens with zero attached hydrogens (tertiary/aromatic N) is 2. The second-order valence-corrected chi connectivity index (χ2v) is 3.66. The third-order valence-corrected chi connectivity index (χ3v) is 2.41. The van der Waals surface area contributed by atoms with E-state index in [0.717, 1.165) is 5.56 Å². The highest BCUT2D eigenvalue weighted by atomic mass is 16.3. The van der Waals surface area contributed by atoms with Gasteiger partial charge in [0.15, 0.2) is 0 Å². The number of aromatic nitrogens is 3. The fourth-order valence-corrected chi connectivity index (χ4v) is 1.52. The fourth-order valence-electron chi connectivity index (χ4n) is 1.52. The second-order valence-electron chi connectivity index (χ2n) is 3.66. The predicted octanol–water partition coefficient (Wildman–Crippen LogP) is -0.150. The molecule has 2 rings (SSSR count). The van der Waals surface area contributed by atoms with Gasteiger partial charge in [0.2, 0.25) is 11.8 Å². The summed E-state index contributed by atoms with van der Waals surface area (Å²) in [5.74, 6) is -0.454. The lowest BCUT2D eigenvalue weighted by Gasteiger charge is -2.15. The number of nitrogen functional groups attached to an aromatic ring is 1. The van der Waals surface area contributed by atoms with Gasteiger partial charge in [0.25, 0.3) is 5.91 Å². The summed E-state index contributed by atoms with van der Waals surface area (Å²) in [6.07, 6.45) is 0. The van der Waals surface area contributed by atoms with E-state index in [-0.39, 0.29) is 18.4 Å². The van der Waals surface area contributed by atoms with Crippen LogP contribution in [-0.2, 0) is 0 Å². The number of aliphatic hydroxyl groups is 1. The number of hydrogen-bond acceptors (Lipinski definition) is 5. The molecule has 0 spiro atoms.